The standard InChI is InChI=1S/C17H21Cl2N3O4/c1-12(18)17(25)20(6-7-26-2)9-15(23)21-10-16(24)22(11-21)14-5-3-4-13(19)8-14/h3-5,8,12H,6-7,9-11H2,1-2H3. The maximum atomic E-state index is 12.6. The summed E-state index contributed by atoms with van der Waals surface area (Å²) >= 11 is 11.8. The molecule has 0 saturated carbocycles. The van der Waals surface area contributed by atoms with Crippen molar-refractivity contribution in [1.29, 1.82) is 0 Å². The molecular weight excluding hydrogens is 381 g/mol. The van der Waals surface area contributed by atoms with Crippen LogP contribution in [0.25, 0.3) is 0 Å². The predicted molar refractivity (Wildman–Crippen MR) is 99.3 cm³/mol. The number of halogens is 2. The van der Waals surface area contributed by atoms with E-state index >= 15 is 0 Å². The molecule has 1 heterocycles. The number of alkyl halides is 1. The number of carbonyl (C=O) groups is 3. The van der Waals surface area contributed by atoms with Crippen LogP contribution >= 0.6 is 23.2 Å². The lowest BCUT2D eigenvalue weighted by Crippen LogP contribution is -2.46. The molecule has 3 amide bonds. The van der Waals surface area contributed by atoms with Crippen LogP contribution in [-0.4, -0.2) is 72.9 Å². The van der Waals surface area contributed by atoms with Gasteiger partial charge < -0.3 is 14.5 Å². The molecule has 0 aliphatic carbocycles. The average molecular weight is 402 g/mol. The van der Waals surface area contributed by atoms with Gasteiger partial charge in [0.1, 0.15) is 18.6 Å². The van der Waals surface area contributed by atoms with Gasteiger partial charge in [0, 0.05) is 24.4 Å². The summed E-state index contributed by atoms with van der Waals surface area (Å²) in [6, 6.07) is 6.86. The lowest BCUT2D eigenvalue weighted by atomic mass is 10.3. The number of hydrogen-bond acceptors (Lipinski definition) is 4. The number of amides is 3. The molecule has 1 fully saturated rings. The van der Waals surface area contributed by atoms with Crippen molar-refractivity contribution in [2.24, 2.45) is 0 Å². The summed E-state index contributed by atoms with van der Waals surface area (Å²) in [5.74, 6) is -0.889. The van der Waals surface area contributed by atoms with Crippen molar-refractivity contribution < 1.29 is 19.1 Å². The monoisotopic (exact) mass is 401 g/mol. The number of ether oxygens (including phenoxy) is 1. The summed E-state index contributed by atoms with van der Waals surface area (Å²) in [6.07, 6.45) is 0. The molecule has 1 unspecified atom stereocenters. The predicted octanol–water partition coefficient (Wildman–Crippen LogP) is 1.58. The normalized spacial score (nSPS) is 15.3. The molecular formula is C17H21Cl2N3O4. The fraction of sp³-hybridized carbons (Fsp3) is 0.471. The van der Waals surface area contributed by atoms with Gasteiger partial charge in [-0.3, -0.25) is 19.3 Å². The summed E-state index contributed by atoms with van der Waals surface area (Å²) in [5.41, 5.74) is 0.625. The molecule has 1 atom stereocenters. The number of rotatable bonds is 7. The number of anilines is 1. The summed E-state index contributed by atoms with van der Waals surface area (Å²) in [4.78, 5) is 41.2. The highest BCUT2D eigenvalue weighted by Crippen LogP contribution is 2.23. The van der Waals surface area contributed by atoms with Crippen molar-refractivity contribution in [1.82, 2.24) is 9.80 Å². The molecule has 1 aliphatic rings. The minimum Gasteiger partial charge on any atom is -0.383 e. The van der Waals surface area contributed by atoms with E-state index in [0.29, 0.717) is 10.7 Å². The fourth-order valence-corrected chi connectivity index (χ4v) is 2.89. The topological polar surface area (TPSA) is 70.2 Å². The molecule has 1 aromatic rings. The zero-order valence-electron chi connectivity index (χ0n) is 14.7. The van der Waals surface area contributed by atoms with E-state index in [0.717, 1.165) is 0 Å². The number of nitrogens with zero attached hydrogens (tertiary/aromatic N) is 3. The van der Waals surface area contributed by atoms with Crippen molar-refractivity contribution in [3.05, 3.63) is 29.3 Å². The van der Waals surface area contributed by atoms with Crippen LogP contribution < -0.4 is 4.90 Å². The number of benzene rings is 1. The van der Waals surface area contributed by atoms with Crippen molar-refractivity contribution in [3.63, 3.8) is 0 Å². The summed E-state index contributed by atoms with van der Waals surface area (Å²) in [7, 11) is 1.51. The third-order valence-corrected chi connectivity index (χ3v) is 4.38. The third kappa shape index (κ3) is 5.09. The first-order chi connectivity index (χ1) is 12.3. The van der Waals surface area contributed by atoms with Gasteiger partial charge in [0.05, 0.1) is 13.2 Å². The first-order valence-electron chi connectivity index (χ1n) is 8.09. The van der Waals surface area contributed by atoms with Gasteiger partial charge >= 0.3 is 0 Å². The summed E-state index contributed by atoms with van der Waals surface area (Å²) in [6.45, 7) is 1.99. The molecule has 2 rings (SSSR count). The summed E-state index contributed by atoms with van der Waals surface area (Å²) in [5, 5.41) is -0.240. The largest absolute Gasteiger partial charge is 0.383 e. The average Bonchev–Trinajstić information content (AvgIpc) is 2.99. The SMILES string of the molecule is COCCN(CC(=O)N1CC(=O)N(c2cccc(Cl)c2)C1)C(=O)C(C)Cl. The number of methoxy groups -OCH3 is 1. The molecule has 1 aromatic carbocycles. The highest BCUT2D eigenvalue weighted by molar-refractivity contribution is 6.31. The Balaban J connectivity index is 2.04. The van der Waals surface area contributed by atoms with Gasteiger partial charge in [-0.05, 0) is 25.1 Å². The second-order valence-corrected chi connectivity index (χ2v) is 6.99. The molecule has 0 N–H and O–H groups in total. The van der Waals surface area contributed by atoms with Crippen LogP contribution in [0.3, 0.4) is 0 Å². The molecule has 1 saturated heterocycles. The van der Waals surface area contributed by atoms with Crippen LogP contribution in [-0.2, 0) is 19.1 Å². The van der Waals surface area contributed by atoms with E-state index in [-0.39, 0.29) is 50.6 Å². The van der Waals surface area contributed by atoms with Crippen molar-refractivity contribution in [2.75, 3.05) is 44.9 Å². The lowest BCUT2D eigenvalue weighted by Gasteiger charge is -2.25. The van der Waals surface area contributed by atoms with E-state index in [2.05, 4.69) is 0 Å². The molecule has 9 heteroatoms. The first kappa shape index (κ1) is 20.5. The van der Waals surface area contributed by atoms with Gasteiger partial charge in [0.2, 0.25) is 17.7 Å². The Kier molecular flexibility index (Phi) is 7.25. The van der Waals surface area contributed by atoms with E-state index in [1.54, 1.807) is 31.2 Å². The van der Waals surface area contributed by atoms with Crippen molar-refractivity contribution >= 4 is 46.6 Å². The highest BCUT2D eigenvalue weighted by atomic mass is 35.5. The van der Waals surface area contributed by atoms with Crippen LogP contribution in [0.15, 0.2) is 24.3 Å². The zero-order chi connectivity index (χ0) is 19.3. The van der Waals surface area contributed by atoms with Crippen LogP contribution in [0.5, 0.6) is 0 Å². The highest BCUT2D eigenvalue weighted by Gasteiger charge is 2.33. The van der Waals surface area contributed by atoms with Gasteiger partial charge in [0.15, 0.2) is 0 Å². The van der Waals surface area contributed by atoms with Crippen LogP contribution in [0, 0.1) is 0 Å². The minimum absolute atomic E-state index is 0.0475. The Morgan fingerprint density at radius 1 is 1.38 bits per heavy atom. The zero-order valence-corrected chi connectivity index (χ0v) is 16.2. The van der Waals surface area contributed by atoms with Crippen molar-refractivity contribution in [2.45, 2.75) is 12.3 Å². The molecule has 0 spiro atoms. The molecule has 142 valence electrons. The van der Waals surface area contributed by atoms with E-state index in [9.17, 15) is 14.4 Å². The maximum absolute atomic E-state index is 12.6. The molecule has 7 nitrogen and oxygen atoms in total. The Hall–Kier alpha value is -1.83. The molecule has 1 aliphatic heterocycles. The lowest BCUT2D eigenvalue weighted by molar-refractivity contribution is -0.140. The van der Waals surface area contributed by atoms with E-state index in [4.69, 9.17) is 27.9 Å². The smallest absolute Gasteiger partial charge is 0.248 e. The molecule has 0 aromatic heterocycles. The van der Waals surface area contributed by atoms with Gasteiger partial charge in [-0.1, -0.05) is 17.7 Å². The Morgan fingerprint density at radius 2 is 2.12 bits per heavy atom. The van der Waals surface area contributed by atoms with E-state index in [1.807, 2.05) is 0 Å². The van der Waals surface area contributed by atoms with Crippen LogP contribution in [0.1, 0.15) is 6.92 Å². The van der Waals surface area contributed by atoms with E-state index < -0.39 is 5.38 Å². The Bertz CT molecular complexity index is 684. The van der Waals surface area contributed by atoms with Gasteiger partial charge in [-0.15, -0.1) is 11.6 Å². The quantitative estimate of drug-likeness (QED) is 0.650. The van der Waals surface area contributed by atoms with E-state index in [1.165, 1.54) is 21.8 Å². The van der Waals surface area contributed by atoms with Crippen LogP contribution in [0.2, 0.25) is 5.02 Å². The maximum Gasteiger partial charge on any atom is 0.248 e. The van der Waals surface area contributed by atoms with Gasteiger partial charge in [0.25, 0.3) is 0 Å². The van der Waals surface area contributed by atoms with Gasteiger partial charge in [-0.25, -0.2) is 0 Å². The first-order valence-corrected chi connectivity index (χ1v) is 8.90. The third-order valence-electron chi connectivity index (χ3n) is 3.96. The fourth-order valence-electron chi connectivity index (χ4n) is 2.57. The minimum atomic E-state index is -0.747. The Morgan fingerprint density at radius 3 is 2.73 bits per heavy atom. The summed E-state index contributed by atoms with van der Waals surface area (Å²) < 4.78 is 4.98. The second kappa shape index (κ2) is 9.21. The van der Waals surface area contributed by atoms with Crippen LogP contribution in [0.4, 0.5) is 5.69 Å². The van der Waals surface area contributed by atoms with Crippen molar-refractivity contribution in [3.8, 4) is 0 Å². The second-order valence-electron chi connectivity index (χ2n) is 5.90. The number of hydrogen-bond donors (Lipinski definition) is 0. The van der Waals surface area contributed by atoms with Gasteiger partial charge in [-0.2, -0.15) is 0 Å². The number of carbonyl (C=O) groups excluding carboxylic acids is 3. The molecule has 0 radical (unpaired) electrons. The molecule has 0 bridgehead atoms. The molecule has 26 heavy (non-hydrogen) atoms. The Labute approximate surface area is 162 Å².